The Morgan fingerprint density at radius 1 is 1.33 bits per heavy atom. The van der Waals surface area contributed by atoms with Crippen LogP contribution in [0.1, 0.15) is 24.9 Å². The number of aromatic amines is 1. The lowest BCUT2D eigenvalue weighted by atomic mass is 10.2. The summed E-state index contributed by atoms with van der Waals surface area (Å²) in [4.78, 5) is 15.9. The smallest absolute Gasteiger partial charge is 0.342 e. The van der Waals surface area contributed by atoms with Gasteiger partial charge in [-0.15, -0.1) is 5.10 Å². The number of rotatable bonds is 7. The van der Waals surface area contributed by atoms with Crippen molar-refractivity contribution in [2.24, 2.45) is 0 Å². The maximum absolute atomic E-state index is 11.6. The standard InChI is InChI=1S/C18H15Cl2N3O3S/c1-2-3-16-21-18(23-22-16)27-15(17(24)25)9-11-5-7-14(26-11)12-8-10(19)4-6-13(12)20/h4-9H,2-3H2,1H3,(H,24,25)(H,21,22,23)/b15-9-. The molecule has 9 heteroatoms. The van der Waals surface area contributed by atoms with Crippen LogP contribution in [0.3, 0.4) is 0 Å². The van der Waals surface area contributed by atoms with Gasteiger partial charge in [-0.25, -0.2) is 9.78 Å². The summed E-state index contributed by atoms with van der Waals surface area (Å²) in [5.74, 6) is 0.489. The van der Waals surface area contributed by atoms with E-state index >= 15 is 0 Å². The maximum atomic E-state index is 11.6. The lowest BCUT2D eigenvalue weighted by molar-refractivity contribution is -0.131. The normalized spacial score (nSPS) is 11.7. The van der Waals surface area contributed by atoms with E-state index in [-0.39, 0.29) is 4.91 Å². The minimum Gasteiger partial charge on any atom is -0.477 e. The van der Waals surface area contributed by atoms with E-state index in [9.17, 15) is 9.90 Å². The van der Waals surface area contributed by atoms with Crippen LogP contribution in [0, 0.1) is 0 Å². The fourth-order valence-corrected chi connectivity index (χ4v) is 3.38. The molecule has 0 aliphatic carbocycles. The van der Waals surface area contributed by atoms with Crippen LogP contribution in [-0.4, -0.2) is 26.3 Å². The number of carboxylic acids is 1. The first kappa shape index (κ1) is 19.5. The quantitative estimate of drug-likeness (QED) is 0.382. The number of carboxylic acid groups (broad SMARTS) is 1. The zero-order valence-electron chi connectivity index (χ0n) is 14.2. The van der Waals surface area contributed by atoms with Crippen molar-refractivity contribution in [3.8, 4) is 11.3 Å². The predicted molar refractivity (Wildman–Crippen MR) is 106 cm³/mol. The number of hydrogen-bond donors (Lipinski definition) is 2. The van der Waals surface area contributed by atoms with Crippen molar-refractivity contribution < 1.29 is 14.3 Å². The number of carbonyl (C=O) groups is 1. The molecular weight excluding hydrogens is 409 g/mol. The Hall–Kier alpha value is -2.22. The lowest BCUT2D eigenvalue weighted by Gasteiger charge is -2.01. The van der Waals surface area contributed by atoms with Gasteiger partial charge in [-0.05, 0) is 48.5 Å². The third-order valence-corrected chi connectivity index (χ3v) is 4.95. The van der Waals surface area contributed by atoms with Crippen molar-refractivity contribution >= 4 is 47.0 Å². The SMILES string of the molecule is CCCc1nc(S/C(=C\c2ccc(-c3cc(Cl)ccc3Cl)o2)C(=O)O)n[nH]1. The Morgan fingerprint density at radius 2 is 2.15 bits per heavy atom. The van der Waals surface area contributed by atoms with Gasteiger partial charge >= 0.3 is 5.97 Å². The molecule has 0 unspecified atom stereocenters. The number of H-pyrrole nitrogens is 1. The molecule has 3 aromatic rings. The Bertz CT molecular complexity index is 997. The first-order valence-electron chi connectivity index (χ1n) is 8.05. The minimum absolute atomic E-state index is 0.0372. The van der Waals surface area contributed by atoms with E-state index in [1.54, 1.807) is 30.3 Å². The van der Waals surface area contributed by atoms with Gasteiger partial charge in [-0.3, -0.25) is 5.10 Å². The van der Waals surface area contributed by atoms with Crippen LogP contribution in [0.2, 0.25) is 10.0 Å². The van der Waals surface area contributed by atoms with Gasteiger partial charge in [0.1, 0.15) is 22.3 Å². The second kappa shape index (κ2) is 8.65. The molecule has 0 atom stereocenters. The van der Waals surface area contributed by atoms with Crippen molar-refractivity contribution in [3.63, 3.8) is 0 Å². The molecule has 6 nitrogen and oxygen atoms in total. The van der Waals surface area contributed by atoms with E-state index < -0.39 is 5.97 Å². The van der Waals surface area contributed by atoms with Crippen LogP contribution in [-0.2, 0) is 11.2 Å². The van der Waals surface area contributed by atoms with E-state index in [1.165, 1.54) is 6.08 Å². The number of halogens is 2. The molecule has 0 saturated carbocycles. The fourth-order valence-electron chi connectivity index (χ4n) is 2.30. The minimum atomic E-state index is -1.10. The van der Waals surface area contributed by atoms with Gasteiger partial charge in [0.05, 0.1) is 5.02 Å². The van der Waals surface area contributed by atoms with E-state index in [1.807, 2.05) is 6.92 Å². The van der Waals surface area contributed by atoms with Crippen LogP contribution >= 0.6 is 35.0 Å². The molecule has 2 aromatic heterocycles. The van der Waals surface area contributed by atoms with E-state index in [0.29, 0.717) is 32.3 Å². The summed E-state index contributed by atoms with van der Waals surface area (Å²) in [5, 5.41) is 17.7. The van der Waals surface area contributed by atoms with Gasteiger partial charge in [-0.2, -0.15) is 0 Å². The fraction of sp³-hybridized carbons (Fsp3) is 0.167. The number of nitrogens with zero attached hydrogens (tertiary/aromatic N) is 2. The molecule has 0 aliphatic heterocycles. The van der Waals surface area contributed by atoms with Gasteiger partial charge in [0, 0.05) is 23.1 Å². The van der Waals surface area contributed by atoms with Gasteiger partial charge in [0.15, 0.2) is 0 Å². The molecule has 0 amide bonds. The Morgan fingerprint density at radius 3 is 2.89 bits per heavy atom. The number of benzene rings is 1. The first-order valence-corrected chi connectivity index (χ1v) is 9.63. The lowest BCUT2D eigenvalue weighted by Crippen LogP contribution is -1.97. The second-order valence-corrected chi connectivity index (χ2v) is 7.41. The van der Waals surface area contributed by atoms with Crippen molar-refractivity contribution in [3.05, 3.63) is 56.9 Å². The third kappa shape index (κ3) is 4.94. The number of hydrogen-bond acceptors (Lipinski definition) is 5. The largest absolute Gasteiger partial charge is 0.477 e. The Kier molecular flexibility index (Phi) is 6.26. The monoisotopic (exact) mass is 423 g/mol. The summed E-state index contributed by atoms with van der Waals surface area (Å²) in [6.45, 7) is 2.03. The molecule has 0 radical (unpaired) electrons. The highest BCUT2D eigenvalue weighted by Gasteiger charge is 2.15. The van der Waals surface area contributed by atoms with Crippen molar-refractivity contribution in [1.29, 1.82) is 0 Å². The average Bonchev–Trinajstić information content (AvgIpc) is 3.26. The maximum Gasteiger partial charge on any atom is 0.342 e. The molecular formula is C18H15Cl2N3O3S. The highest BCUT2D eigenvalue weighted by molar-refractivity contribution is 8.04. The highest BCUT2D eigenvalue weighted by atomic mass is 35.5. The van der Waals surface area contributed by atoms with E-state index in [0.717, 1.165) is 30.4 Å². The molecule has 0 saturated heterocycles. The summed E-state index contributed by atoms with van der Waals surface area (Å²) in [6, 6.07) is 8.41. The molecule has 1 aromatic carbocycles. The summed E-state index contributed by atoms with van der Waals surface area (Å²) in [5.41, 5.74) is 0.631. The average molecular weight is 424 g/mol. The number of aliphatic carboxylic acids is 1. The number of thioether (sulfide) groups is 1. The van der Waals surface area contributed by atoms with Crippen LogP contribution in [0.25, 0.3) is 17.4 Å². The van der Waals surface area contributed by atoms with Crippen molar-refractivity contribution in [2.45, 2.75) is 24.9 Å². The summed E-state index contributed by atoms with van der Waals surface area (Å²) >= 11 is 13.1. The van der Waals surface area contributed by atoms with Gasteiger partial charge in [0.2, 0.25) is 5.16 Å². The molecule has 3 rings (SSSR count). The molecule has 0 aliphatic rings. The Balaban J connectivity index is 1.85. The zero-order chi connectivity index (χ0) is 19.4. The number of aromatic nitrogens is 3. The highest BCUT2D eigenvalue weighted by Crippen LogP contribution is 2.33. The van der Waals surface area contributed by atoms with Crippen LogP contribution in [0.15, 0.2) is 44.8 Å². The number of furan rings is 1. The summed E-state index contributed by atoms with van der Waals surface area (Å²) < 4.78 is 5.72. The van der Waals surface area contributed by atoms with Crippen molar-refractivity contribution in [1.82, 2.24) is 15.2 Å². The topological polar surface area (TPSA) is 92.0 Å². The molecule has 2 heterocycles. The van der Waals surface area contributed by atoms with Crippen LogP contribution < -0.4 is 0 Å². The second-order valence-electron chi connectivity index (χ2n) is 5.56. The van der Waals surface area contributed by atoms with Crippen LogP contribution in [0.4, 0.5) is 0 Å². The molecule has 140 valence electrons. The van der Waals surface area contributed by atoms with Crippen molar-refractivity contribution in [2.75, 3.05) is 0 Å². The van der Waals surface area contributed by atoms with E-state index in [4.69, 9.17) is 27.6 Å². The van der Waals surface area contributed by atoms with Gasteiger partial charge in [-0.1, -0.05) is 30.1 Å². The molecule has 0 fully saturated rings. The van der Waals surface area contributed by atoms with E-state index in [2.05, 4.69) is 15.2 Å². The zero-order valence-corrected chi connectivity index (χ0v) is 16.5. The number of aryl methyl sites for hydroxylation is 1. The third-order valence-electron chi connectivity index (χ3n) is 3.50. The molecule has 2 N–H and O–H groups in total. The molecule has 0 bridgehead atoms. The van der Waals surface area contributed by atoms with Gasteiger partial charge in [0.25, 0.3) is 0 Å². The predicted octanol–water partition coefficient (Wildman–Crippen LogP) is 5.54. The van der Waals surface area contributed by atoms with Gasteiger partial charge < -0.3 is 9.52 Å². The Labute approximate surface area is 169 Å². The summed E-state index contributed by atoms with van der Waals surface area (Å²) in [7, 11) is 0. The molecule has 27 heavy (non-hydrogen) atoms. The first-order chi connectivity index (χ1) is 13.0. The van der Waals surface area contributed by atoms with Crippen LogP contribution in [0.5, 0.6) is 0 Å². The molecule has 0 spiro atoms. The summed E-state index contributed by atoms with van der Waals surface area (Å²) in [6.07, 6.45) is 3.09. The number of nitrogens with one attached hydrogen (secondary N) is 1.